The fraction of sp³-hybridized carbons (Fsp3) is 0.286. The van der Waals surface area contributed by atoms with Crippen molar-refractivity contribution < 1.29 is 4.74 Å². The number of hydrogen-bond donors (Lipinski definition) is 0. The first-order valence-electron chi connectivity index (χ1n) is 3.67. The molecule has 0 atom stereocenters. The van der Waals surface area contributed by atoms with E-state index in [2.05, 4.69) is 31.2 Å². The highest BCUT2D eigenvalue weighted by atomic mass is 79.9. The second-order valence-electron chi connectivity index (χ2n) is 2.48. The molecule has 0 fully saturated rings. The molecule has 0 saturated heterocycles. The number of halogens is 1. The normalized spacial score (nSPS) is 10.9. The predicted molar refractivity (Wildman–Crippen MR) is 49.2 cm³/mol. The Bertz CT molecular complexity index is 427. The lowest BCUT2D eigenvalue weighted by Crippen LogP contribution is -1.99. The summed E-state index contributed by atoms with van der Waals surface area (Å²) in [5.74, 6) is 0.693. The molecule has 0 amide bonds. The summed E-state index contributed by atoms with van der Waals surface area (Å²) in [7, 11) is 1.61. The van der Waals surface area contributed by atoms with Crippen LogP contribution in [0.5, 0.6) is 0 Å². The number of nitrogens with zero attached hydrogens (tertiary/aromatic N) is 4. The minimum atomic E-state index is 0.407. The van der Waals surface area contributed by atoms with Crippen molar-refractivity contribution in [3.8, 4) is 0 Å². The Morgan fingerprint density at radius 1 is 1.46 bits per heavy atom. The Labute approximate surface area is 82.9 Å². The summed E-state index contributed by atoms with van der Waals surface area (Å²) in [6.07, 6.45) is 0. The van der Waals surface area contributed by atoms with E-state index in [0.29, 0.717) is 12.4 Å². The van der Waals surface area contributed by atoms with Gasteiger partial charge in [0.25, 0.3) is 0 Å². The quantitative estimate of drug-likeness (QED) is 0.790. The molecule has 0 aliphatic heterocycles. The third-order valence-corrected chi connectivity index (χ3v) is 1.99. The van der Waals surface area contributed by atoms with Crippen LogP contribution in [0.15, 0.2) is 16.7 Å². The highest BCUT2D eigenvalue weighted by Crippen LogP contribution is 2.08. The molecule has 68 valence electrons. The van der Waals surface area contributed by atoms with Gasteiger partial charge < -0.3 is 4.74 Å². The second kappa shape index (κ2) is 3.39. The molecule has 0 radical (unpaired) electrons. The minimum absolute atomic E-state index is 0.407. The van der Waals surface area contributed by atoms with Gasteiger partial charge in [-0.3, -0.25) is 0 Å². The van der Waals surface area contributed by atoms with Crippen molar-refractivity contribution in [3.05, 3.63) is 22.6 Å². The van der Waals surface area contributed by atoms with E-state index in [9.17, 15) is 0 Å². The zero-order valence-corrected chi connectivity index (χ0v) is 8.52. The predicted octanol–water partition coefficient (Wildman–Crippen LogP) is 1.03. The maximum Gasteiger partial charge on any atom is 0.180 e. The van der Waals surface area contributed by atoms with Crippen molar-refractivity contribution in [2.75, 3.05) is 7.11 Å². The van der Waals surface area contributed by atoms with Gasteiger partial charge in [0.2, 0.25) is 0 Å². The van der Waals surface area contributed by atoms with Gasteiger partial charge in [0.15, 0.2) is 11.5 Å². The standard InChI is InChI=1S/C7H7BrN4O/c1-13-4-7-10-9-6-3-2-5(8)11-12(6)7/h2-3H,4H2,1H3. The molecule has 6 heteroatoms. The van der Waals surface area contributed by atoms with Gasteiger partial charge in [-0.05, 0) is 28.1 Å². The van der Waals surface area contributed by atoms with Crippen LogP contribution in [0.4, 0.5) is 0 Å². The van der Waals surface area contributed by atoms with E-state index >= 15 is 0 Å². The van der Waals surface area contributed by atoms with Crippen molar-refractivity contribution in [1.29, 1.82) is 0 Å². The van der Waals surface area contributed by atoms with E-state index in [1.807, 2.05) is 12.1 Å². The summed E-state index contributed by atoms with van der Waals surface area (Å²) in [5, 5.41) is 12.0. The van der Waals surface area contributed by atoms with E-state index in [1.165, 1.54) is 0 Å². The Hall–Kier alpha value is -1.01. The van der Waals surface area contributed by atoms with Crippen LogP contribution in [0.25, 0.3) is 5.65 Å². The van der Waals surface area contributed by atoms with Gasteiger partial charge in [-0.15, -0.1) is 10.2 Å². The number of aromatic nitrogens is 4. The molecule has 0 unspecified atom stereocenters. The number of rotatable bonds is 2. The minimum Gasteiger partial charge on any atom is -0.377 e. The zero-order valence-electron chi connectivity index (χ0n) is 6.94. The fourth-order valence-electron chi connectivity index (χ4n) is 1.03. The van der Waals surface area contributed by atoms with Gasteiger partial charge >= 0.3 is 0 Å². The Morgan fingerprint density at radius 3 is 3.08 bits per heavy atom. The monoisotopic (exact) mass is 242 g/mol. The molecule has 2 heterocycles. The Kier molecular flexibility index (Phi) is 2.24. The lowest BCUT2D eigenvalue weighted by molar-refractivity contribution is 0.176. The highest BCUT2D eigenvalue weighted by molar-refractivity contribution is 9.10. The first kappa shape index (κ1) is 8.58. The van der Waals surface area contributed by atoms with Gasteiger partial charge in [-0.1, -0.05) is 0 Å². The number of methoxy groups -OCH3 is 1. The molecule has 0 bridgehead atoms. The van der Waals surface area contributed by atoms with Crippen LogP contribution in [0.2, 0.25) is 0 Å². The van der Waals surface area contributed by atoms with Crippen LogP contribution in [-0.4, -0.2) is 26.9 Å². The van der Waals surface area contributed by atoms with Gasteiger partial charge in [0, 0.05) is 7.11 Å². The molecular formula is C7H7BrN4O. The van der Waals surface area contributed by atoms with Crippen molar-refractivity contribution in [2.45, 2.75) is 6.61 Å². The highest BCUT2D eigenvalue weighted by Gasteiger charge is 2.05. The average molecular weight is 243 g/mol. The summed E-state index contributed by atoms with van der Waals surface area (Å²) < 4.78 is 7.35. The number of fused-ring (bicyclic) bond motifs is 1. The Morgan fingerprint density at radius 2 is 2.31 bits per heavy atom. The summed E-state index contributed by atoms with van der Waals surface area (Å²) in [6, 6.07) is 3.66. The molecule has 0 spiro atoms. The molecule has 0 aliphatic carbocycles. The molecule has 2 aromatic rings. The molecule has 2 rings (SSSR count). The molecule has 0 saturated carbocycles. The van der Waals surface area contributed by atoms with Gasteiger partial charge in [0.05, 0.1) is 0 Å². The van der Waals surface area contributed by atoms with Crippen molar-refractivity contribution >= 4 is 21.6 Å². The first-order chi connectivity index (χ1) is 6.31. The van der Waals surface area contributed by atoms with Gasteiger partial charge in [-0.2, -0.15) is 9.61 Å². The van der Waals surface area contributed by atoms with Crippen LogP contribution >= 0.6 is 15.9 Å². The van der Waals surface area contributed by atoms with E-state index in [-0.39, 0.29) is 0 Å². The molecule has 0 N–H and O–H groups in total. The maximum atomic E-state index is 4.96. The molecule has 0 aromatic carbocycles. The molecule has 13 heavy (non-hydrogen) atoms. The maximum absolute atomic E-state index is 4.96. The van der Waals surface area contributed by atoms with Crippen LogP contribution < -0.4 is 0 Å². The summed E-state index contributed by atoms with van der Waals surface area (Å²) in [6.45, 7) is 0.407. The Balaban J connectivity index is 2.58. The fourth-order valence-corrected chi connectivity index (χ4v) is 1.32. The van der Waals surface area contributed by atoms with Gasteiger partial charge in [-0.25, -0.2) is 0 Å². The van der Waals surface area contributed by atoms with E-state index < -0.39 is 0 Å². The lowest BCUT2D eigenvalue weighted by Gasteiger charge is -1.96. The van der Waals surface area contributed by atoms with Crippen LogP contribution in [-0.2, 0) is 11.3 Å². The van der Waals surface area contributed by atoms with Crippen LogP contribution in [0, 0.1) is 0 Å². The SMILES string of the molecule is COCc1nnc2ccc(Br)nn12. The lowest BCUT2D eigenvalue weighted by atomic mass is 10.5. The van der Waals surface area contributed by atoms with Crippen LogP contribution in [0.1, 0.15) is 5.82 Å². The van der Waals surface area contributed by atoms with E-state index in [4.69, 9.17) is 4.74 Å². The summed E-state index contributed by atoms with van der Waals surface area (Å²) in [4.78, 5) is 0. The molecule has 2 aromatic heterocycles. The molecular weight excluding hydrogens is 236 g/mol. The first-order valence-corrected chi connectivity index (χ1v) is 4.46. The second-order valence-corrected chi connectivity index (χ2v) is 3.29. The topological polar surface area (TPSA) is 52.3 Å². The van der Waals surface area contributed by atoms with Crippen molar-refractivity contribution in [3.63, 3.8) is 0 Å². The number of ether oxygens (including phenoxy) is 1. The van der Waals surface area contributed by atoms with Crippen molar-refractivity contribution in [1.82, 2.24) is 19.8 Å². The molecule has 5 nitrogen and oxygen atoms in total. The summed E-state index contributed by atoms with van der Waals surface area (Å²) in [5.41, 5.74) is 0.718. The van der Waals surface area contributed by atoms with E-state index in [1.54, 1.807) is 11.6 Å². The summed E-state index contributed by atoms with van der Waals surface area (Å²) >= 11 is 3.27. The zero-order chi connectivity index (χ0) is 9.26. The smallest absolute Gasteiger partial charge is 0.180 e. The van der Waals surface area contributed by atoms with E-state index in [0.717, 1.165) is 10.3 Å². The molecule has 0 aliphatic rings. The third kappa shape index (κ3) is 1.54. The third-order valence-electron chi connectivity index (χ3n) is 1.57. The van der Waals surface area contributed by atoms with Gasteiger partial charge in [0.1, 0.15) is 11.2 Å². The number of hydrogen-bond acceptors (Lipinski definition) is 4. The van der Waals surface area contributed by atoms with Crippen molar-refractivity contribution in [2.24, 2.45) is 0 Å². The largest absolute Gasteiger partial charge is 0.377 e. The van der Waals surface area contributed by atoms with Crippen LogP contribution in [0.3, 0.4) is 0 Å². The average Bonchev–Trinajstić information content (AvgIpc) is 2.49.